The standard InChI is InChI=1S/C20H22FN5/c1-22-20(24-12-15-8-10-17(21)11-9-15)26(2)14-19-23-13-18(25-19)16-6-4-3-5-7-16/h3-11,13H,12,14H2,1-2H3,(H,22,24)(H,23,25). The molecule has 0 amide bonds. The molecule has 0 aliphatic carbocycles. The third-order valence-electron chi connectivity index (χ3n) is 4.04. The van der Waals surface area contributed by atoms with Crippen molar-refractivity contribution in [1.29, 1.82) is 0 Å². The largest absolute Gasteiger partial charge is 0.352 e. The normalized spacial score (nSPS) is 11.4. The van der Waals surface area contributed by atoms with E-state index in [1.54, 1.807) is 19.2 Å². The Hall–Kier alpha value is -3.15. The van der Waals surface area contributed by atoms with Gasteiger partial charge in [0.15, 0.2) is 5.96 Å². The van der Waals surface area contributed by atoms with Crippen LogP contribution in [0.4, 0.5) is 4.39 Å². The lowest BCUT2D eigenvalue weighted by Crippen LogP contribution is -2.38. The van der Waals surface area contributed by atoms with Crippen LogP contribution in [0, 0.1) is 5.82 Å². The van der Waals surface area contributed by atoms with Crippen molar-refractivity contribution in [2.45, 2.75) is 13.1 Å². The zero-order valence-corrected chi connectivity index (χ0v) is 14.9. The molecule has 0 saturated carbocycles. The Kier molecular flexibility index (Phi) is 5.63. The molecule has 0 unspecified atom stereocenters. The number of nitrogens with zero attached hydrogens (tertiary/aromatic N) is 3. The first-order valence-electron chi connectivity index (χ1n) is 8.41. The number of hydrogen-bond donors (Lipinski definition) is 2. The number of aliphatic imine (C=N–C) groups is 1. The van der Waals surface area contributed by atoms with Crippen molar-refractivity contribution in [1.82, 2.24) is 20.2 Å². The zero-order chi connectivity index (χ0) is 18.4. The van der Waals surface area contributed by atoms with E-state index in [0.29, 0.717) is 13.1 Å². The summed E-state index contributed by atoms with van der Waals surface area (Å²) < 4.78 is 13.0. The first-order chi connectivity index (χ1) is 12.7. The molecule has 0 aliphatic heterocycles. The molecular formula is C20H22FN5. The summed E-state index contributed by atoms with van der Waals surface area (Å²) >= 11 is 0. The Morgan fingerprint density at radius 2 is 1.88 bits per heavy atom. The molecule has 2 aromatic carbocycles. The van der Waals surface area contributed by atoms with Gasteiger partial charge >= 0.3 is 0 Å². The molecule has 0 aliphatic rings. The number of imidazole rings is 1. The summed E-state index contributed by atoms with van der Waals surface area (Å²) in [6, 6.07) is 16.5. The molecule has 5 nitrogen and oxygen atoms in total. The zero-order valence-electron chi connectivity index (χ0n) is 14.9. The van der Waals surface area contributed by atoms with E-state index in [1.807, 2.05) is 48.5 Å². The first-order valence-corrected chi connectivity index (χ1v) is 8.41. The Bertz CT molecular complexity index is 855. The van der Waals surface area contributed by atoms with Crippen LogP contribution in [0.2, 0.25) is 0 Å². The lowest BCUT2D eigenvalue weighted by Gasteiger charge is -2.21. The summed E-state index contributed by atoms with van der Waals surface area (Å²) in [7, 11) is 3.69. The van der Waals surface area contributed by atoms with E-state index in [2.05, 4.69) is 20.3 Å². The molecule has 0 fully saturated rings. The molecular weight excluding hydrogens is 329 g/mol. The highest BCUT2D eigenvalue weighted by atomic mass is 19.1. The maximum Gasteiger partial charge on any atom is 0.194 e. The van der Waals surface area contributed by atoms with Crippen molar-refractivity contribution in [3.05, 3.63) is 78.0 Å². The van der Waals surface area contributed by atoms with Gasteiger partial charge in [0.25, 0.3) is 0 Å². The molecule has 1 heterocycles. The molecule has 0 saturated heterocycles. The van der Waals surface area contributed by atoms with Crippen molar-refractivity contribution in [2.75, 3.05) is 14.1 Å². The van der Waals surface area contributed by atoms with E-state index in [4.69, 9.17) is 0 Å². The van der Waals surface area contributed by atoms with E-state index in [-0.39, 0.29) is 5.82 Å². The molecule has 6 heteroatoms. The molecule has 26 heavy (non-hydrogen) atoms. The molecule has 1 aromatic heterocycles. The number of rotatable bonds is 5. The third-order valence-corrected chi connectivity index (χ3v) is 4.04. The third kappa shape index (κ3) is 4.47. The van der Waals surface area contributed by atoms with Crippen molar-refractivity contribution in [3.8, 4) is 11.3 Å². The maximum atomic E-state index is 13.0. The predicted molar refractivity (Wildman–Crippen MR) is 102 cm³/mol. The first kappa shape index (κ1) is 17.7. The Balaban J connectivity index is 1.60. The van der Waals surface area contributed by atoms with Crippen molar-refractivity contribution < 1.29 is 4.39 Å². The summed E-state index contributed by atoms with van der Waals surface area (Å²) in [6.07, 6.45) is 1.84. The lowest BCUT2D eigenvalue weighted by molar-refractivity contribution is 0.464. The smallest absolute Gasteiger partial charge is 0.194 e. The minimum atomic E-state index is -0.234. The fourth-order valence-electron chi connectivity index (χ4n) is 2.67. The van der Waals surface area contributed by atoms with Crippen LogP contribution < -0.4 is 5.32 Å². The maximum absolute atomic E-state index is 13.0. The van der Waals surface area contributed by atoms with Gasteiger partial charge in [0, 0.05) is 20.6 Å². The van der Waals surface area contributed by atoms with Gasteiger partial charge in [-0.1, -0.05) is 42.5 Å². The number of benzene rings is 2. The van der Waals surface area contributed by atoms with Crippen molar-refractivity contribution in [3.63, 3.8) is 0 Å². The van der Waals surface area contributed by atoms with Crippen LogP contribution in [-0.2, 0) is 13.1 Å². The van der Waals surface area contributed by atoms with E-state index < -0.39 is 0 Å². The van der Waals surface area contributed by atoms with Crippen LogP contribution in [0.3, 0.4) is 0 Å². The van der Waals surface area contributed by atoms with Gasteiger partial charge < -0.3 is 15.2 Å². The highest BCUT2D eigenvalue weighted by Gasteiger charge is 2.10. The van der Waals surface area contributed by atoms with Gasteiger partial charge in [0.2, 0.25) is 0 Å². The molecule has 0 bridgehead atoms. The van der Waals surface area contributed by atoms with Crippen LogP contribution in [0.1, 0.15) is 11.4 Å². The molecule has 0 spiro atoms. The summed E-state index contributed by atoms with van der Waals surface area (Å²) in [4.78, 5) is 14.1. The SMILES string of the molecule is CN=C(NCc1ccc(F)cc1)N(C)Cc1ncc(-c2ccccc2)[nH]1. The lowest BCUT2D eigenvalue weighted by atomic mass is 10.2. The van der Waals surface area contributed by atoms with E-state index >= 15 is 0 Å². The number of H-pyrrole nitrogens is 1. The van der Waals surface area contributed by atoms with E-state index in [1.165, 1.54) is 12.1 Å². The average molecular weight is 351 g/mol. The summed E-state index contributed by atoms with van der Waals surface area (Å²) in [5.74, 6) is 1.37. The quantitative estimate of drug-likeness (QED) is 0.547. The molecule has 0 atom stereocenters. The molecule has 2 N–H and O–H groups in total. The van der Waals surface area contributed by atoms with Gasteiger partial charge in [0.05, 0.1) is 18.4 Å². The molecule has 0 radical (unpaired) electrons. The van der Waals surface area contributed by atoms with Crippen LogP contribution >= 0.6 is 0 Å². The van der Waals surface area contributed by atoms with Gasteiger partial charge in [0.1, 0.15) is 11.6 Å². The van der Waals surface area contributed by atoms with Crippen LogP contribution in [0.15, 0.2) is 65.8 Å². The second-order valence-corrected chi connectivity index (χ2v) is 5.99. The average Bonchev–Trinajstić information content (AvgIpc) is 3.13. The number of hydrogen-bond acceptors (Lipinski definition) is 2. The van der Waals surface area contributed by atoms with Gasteiger partial charge in [-0.15, -0.1) is 0 Å². The highest BCUT2D eigenvalue weighted by molar-refractivity contribution is 5.79. The van der Waals surface area contributed by atoms with Crippen molar-refractivity contribution >= 4 is 5.96 Å². The Morgan fingerprint density at radius 1 is 1.15 bits per heavy atom. The molecule has 3 aromatic rings. The van der Waals surface area contributed by atoms with Gasteiger partial charge in [-0.3, -0.25) is 4.99 Å². The molecule has 3 rings (SSSR count). The second-order valence-electron chi connectivity index (χ2n) is 5.99. The number of aromatic amines is 1. The van der Waals surface area contributed by atoms with Crippen LogP contribution in [0.5, 0.6) is 0 Å². The monoisotopic (exact) mass is 351 g/mol. The number of aromatic nitrogens is 2. The van der Waals surface area contributed by atoms with Crippen molar-refractivity contribution in [2.24, 2.45) is 4.99 Å². The van der Waals surface area contributed by atoms with E-state index in [0.717, 1.165) is 28.6 Å². The van der Waals surface area contributed by atoms with Crippen LogP contribution in [-0.4, -0.2) is 34.9 Å². The minimum absolute atomic E-state index is 0.234. The predicted octanol–water partition coefficient (Wildman–Crippen LogP) is 3.42. The van der Waals surface area contributed by atoms with E-state index in [9.17, 15) is 4.39 Å². The van der Waals surface area contributed by atoms with Gasteiger partial charge in [-0.05, 0) is 23.3 Å². The number of guanidine groups is 1. The summed E-state index contributed by atoms with van der Waals surface area (Å²) in [5, 5.41) is 3.28. The summed E-state index contributed by atoms with van der Waals surface area (Å²) in [6.45, 7) is 1.17. The number of halogens is 1. The fourth-order valence-corrected chi connectivity index (χ4v) is 2.67. The highest BCUT2D eigenvalue weighted by Crippen LogP contribution is 2.16. The second kappa shape index (κ2) is 8.29. The summed E-state index contributed by atoms with van der Waals surface area (Å²) in [5.41, 5.74) is 3.08. The number of nitrogens with one attached hydrogen (secondary N) is 2. The Morgan fingerprint density at radius 3 is 2.58 bits per heavy atom. The van der Waals surface area contributed by atoms with Gasteiger partial charge in [-0.25, -0.2) is 9.37 Å². The van der Waals surface area contributed by atoms with Gasteiger partial charge in [-0.2, -0.15) is 0 Å². The van der Waals surface area contributed by atoms with Crippen LogP contribution in [0.25, 0.3) is 11.3 Å². The Labute approximate surface area is 152 Å². The minimum Gasteiger partial charge on any atom is -0.352 e. The fraction of sp³-hybridized carbons (Fsp3) is 0.200. The topological polar surface area (TPSA) is 56.3 Å². The molecule has 134 valence electrons.